The number of rotatable bonds is 13. The molecule has 1 N–H and O–H groups in total. The zero-order valence-electron chi connectivity index (χ0n) is 17.1. The van der Waals surface area contributed by atoms with E-state index in [1.54, 1.807) is 0 Å². The van der Waals surface area contributed by atoms with Gasteiger partial charge in [-0.15, -0.1) is 0 Å². The molecular formula is C16H18F13NO4. The van der Waals surface area contributed by atoms with Crippen molar-refractivity contribution in [2.24, 2.45) is 0 Å². The summed E-state index contributed by atoms with van der Waals surface area (Å²) in [6.45, 7) is -2.82. The van der Waals surface area contributed by atoms with Gasteiger partial charge in [-0.25, -0.2) is 0 Å². The molecule has 1 unspecified atom stereocenters. The van der Waals surface area contributed by atoms with Gasteiger partial charge in [0.15, 0.2) is 0 Å². The second-order valence-corrected chi connectivity index (χ2v) is 7.66. The van der Waals surface area contributed by atoms with Crippen LogP contribution in [0.4, 0.5) is 57.1 Å². The van der Waals surface area contributed by atoms with E-state index in [0.717, 1.165) is 0 Å². The van der Waals surface area contributed by atoms with Gasteiger partial charge in [0.1, 0.15) is 19.2 Å². The molecular weight excluding hydrogens is 517 g/mol. The van der Waals surface area contributed by atoms with Gasteiger partial charge >= 0.3 is 35.8 Å². The van der Waals surface area contributed by atoms with Gasteiger partial charge in [0, 0.05) is 0 Å². The zero-order chi connectivity index (χ0) is 27.6. The van der Waals surface area contributed by atoms with E-state index in [-0.39, 0.29) is 17.1 Å². The van der Waals surface area contributed by atoms with E-state index in [9.17, 15) is 72.1 Å². The molecule has 0 saturated heterocycles. The SMILES string of the molecule is C[N+](C)(CC(=O)[O-])CC(O)COC/C=C/C(F)(F)C(F)(F)C(F)(F)C(F)(F)C(F)(F)C(F)(F)F. The van der Waals surface area contributed by atoms with E-state index in [1.165, 1.54) is 14.1 Å². The van der Waals surface area contributed by atoms with Crippen molar-refractivity contribution in [2.45, 2.75) is 41.9 Å². The van der Waals surface area contributed by atoms with Crippen LogP contribution >= 0.6 is 0 Å². The first-order valence-corrected chi connectivity index (χ1v) is 8.68. The van der Waals surface area contributed by atoms with Crippen LogP contribution in [0.1, 0.15) is 0 Å². The van der Waals surface area contributed by atoms with Crippen molar-refractivity contribution in [3.05, 3.63) is 12.2 Å². The van der Waals surface area contributed by atoms with Crippen LogP contribution in [-0.2, 0) is 9.53 Å². The van der Waals surface area contributed by atoms with Crippen LogP contribution in [0.25, 0.3) is 0 Å². The Balaban J connectivity index is 5.37. The lowest BCUT2D eigenvalue weighted by molar-refractivity contribution is -0.887. The number of hydrogen-bond acceptors (Lipinski definition) is 4. The van der Waals surface area contributed by atoms with Crippen molar-refractivity contribution in [3.63, 3.8) is 0 Å². The quantitative estimate of drug-likeness (QED) is 0.170. The van der Waals surface area contributed by atoms with Crippen LogP contribution < -0.4 is 5.11 Å². The Labute approximate surface area is 183 Å². The fourth-order valence-electron chi connectivity index (χ4n) is 2.39. The molecule has 0 fully saturated rings. The molecule has 0 heterocycles. The molecule has 0 aliphatic carbocycles. The molecule has 202 valence electrons. The molecule has 5 nitrogen and oxygen atoms in total. The predicted molar refractivity (Wildman–Crippen MR) is 83.6 cm³/mol. The summed E-state index contributed by atoms with van der Waals surface area (Å²) in [4.78, 5) is 10.5. The number of ether oxygens (including phenoxy) is 1. The van der Waals surface area contributed by atoms with Crippen LogP contribution in [0.5, 0.6) is 0 Å². The fraction of sp³-hybridized carbons (Fsp3) is 0.812. The highest BCUT2D eigenvalue weighted by atomic mass is 19.4. The molecule has 0 radical (unpaired) electrons. The van der Waals surface area contributed by atoms with Gasteiger partial charge in [0.2, 0.25) is 0 Å². The Hall–Kier alpha value is -1.82. The van der Waals surface area contributed by atoms with Crippen molar-refractivity contribution >= 4 is 5.97 Å². The monoisotopic (exact) mass is 535 g/mol. The van der Waals surface area contributed by atoms with Crippen molar-refractivity contribution in [3.8, 4) is 0 Å². The number of aliphatic carboxylic acids is 1. The Morgan fingerprint density at radius 2 is 1.32 bits per heavy atom. The highest BCUT2D eigenvalue weighted by Gasteiger charge is 2.90. The van der Waals surface area contributed by atoms with E-state index >= 15 is 0 Å². The molecule has 0 aromatic carbocycles. The number of aliphatic hydroxyl groups excluding tert-OH is 1. The minimum atomic E-state index is -7.98. The summed E-state index contributed by atoms with van der Waals surface area (Å²) in [5.41, 5.74) is 0. The maximum atomic E-state index is 13.5. The summed E-state index contributed by atoms with van der Waals surface area (Å²) >= 11 is 0. The third kappa shape index (κ3) is 6.65. The number of carbonyl (C=O) groups is 1. The standard InChI is InChI=1S/C16H18F13NO4/c1-30(2,7-10(32)33)6-9(31)8-34-5-3-4-11(17,18)12(19,20)13(21,22)14(23,24)15(25,26)16(27,28)29/h3-4,9,31H,5-8H2,1-2H3/b4-3+. The number of hydrogen-bond donors (Lipinski definition) is 1. The topological polar surface area (TPSA) is 69.6 Å². The number of likely N-dealkylation sites (N-methyl/N-ethyl adjacent to an activating group) is 1. The molecule has 0 rings (SSSR count). The minimum absolute atomic E-state index is 0.169. The number of allylic oxidation sites excluding steroid dienone is 1. The van der Waals surface area contributed by atoms with Crippen LogP contribution in [-0.4, -0.2) is 97.9 Å². The molecule has 1 atom stereocenters. The molecule has 0 aliphatic heterocycles. The molecule has 18 heteroatoms. The number of aliphatic hydroxyl groups is 1. The lowest BCUT2D eigenvalue weighted by Crippen LogP contribution is -2.69. The van der Waals surface area contributed by atoms with Crippen molar-refractivity contribution < 1.29 is 81.3 Å². The summed E-state index contributed by atoms with van der Waals surface area (Å²) in [6, 6.07) is 0. The first kappa shape index (κ1) is 32.2. The summed E-state index contributed by atoms with van der Waals surface area (Å²) in [5.74, 6) is -38.9. The molecule has 34 heavy (non-hydrogen) atoms. The fourth-order valence-corrected chi connectivity index (χ4v) is 2.39. The number of halogens is 13. The van der Waals surface area contributed by atoms with E-state index < -0.39 is 73.7 Å². The van der Waals surface area contributed by atoms with Gasteiger partial charge in [-0.2, -0.15) is 57.1 Å². The number of carboxylic acids is 1. The minimum Gasteiger partial charge on any atom is -0.544 e. The van der Waals surface area contributed by atoms with Crippen LogP contribution in [0, 0.1) is 0 Å². The van der Waals surface area contributed by atoms with Crippen molar-refractivity contribution in [1.29, 1.82) is 0 Å². The Bertz CT molecular complexity index is 735. The average Bonchev–Trinajstić information content (AvgIpc) is 2.57. The van der Waals surface area contributed by atoms with Crippen LogP contribution in [0.3, 0.4) is 0 Å². The van der Waals surface area contributed by atoms with E-state index in [1.807, 2.05) is 0 Å². The molecule has 0 aliphatic rings. The molecule has 0 amide bonds. The highest BCUT2D eigenvalue weighted by molar-refractivity contribution is 5.65. The number of nitrogens with zero attached hydrogens (tertiary/aromatic N) is 1. The number of carbonyl (C=O) groups excluding carboxylic acids is 1. The third-order valence-electron chi connectivity index (χ3n) is 4.07. The van der Waals surface area contributed by atoms with Crippen molar-refractivity contribution in [1.82, 2.24) is 0 Å². The van der Waals surface area contributed by atoms with Gasteiger partial charge in [-0.3, -0.25) is 0 Å². The van der Waals surface area contributed by atoms with Crippen LogP contribution in [0.2, 0.25) is 0 Å². The average molecular weight is 535 g/mol. The molecule has 0 spiro atoms. The maximum Gasteiger partial charge on any atom is 0.460 e. The predicted octanol–water partition coefficient (Wildman–Crippen LogP) is 2.49. The first-order valence-electron chi connectivity index (χ1n) is 8.68. The molecule has 0 aromatic rings. The van der Waals surface area contributed by atoms with E-state index in [4.69, 9.17) is 0 Å². The number of alkyl halides is 13. The van der Waals surface area contributed by atoms with Gasteiger partial charge in [-0.1, -0.05) is 6.08 Å². The Morgan fingerprint density at radius 3 is 1.74 bits per heavy atom. The lowest BCUT2D eigenvalue weighted by atomic mass is 9.94. The van der Waals surface area contributed by atoms with Crippen molar-refractivity contribution in [2.75, 3.05) is 40.4 Å². The number of quaternary nitrogens is 1. The van der Waals surface area contributed by atoms with Gasteiger partial charge < -0.3 is 24.2 Å². The lowest BCUT2D eigenvalue weighted by Gasteiger charge is -2.39. The first-order chi connectivity index (χ1) is 14.8. The summed E-state index contributed by atoms with van der Waals surface area (Å²) < 4.78 is 172. The molecule has 0 saturated carbocycles. The third-order valence-corrected chi connectivity index (χ3v) is 4.07. The zero-order valence-corrected chi connectivity index (χ0v) is 17.1. The number of carboxylic acid groups (broad SMARTS) is 1. The highest BCUT2D eigenvalue weighted by Crippen LogP contribution is 2.60. The molecule has 0 bridgehead atoms. The van der Waals surface area contributed by atoms with Gasteiger partial charge in [0.05, 0.1) is 33.3 Å². The summed E-state index contributed by atoms with van der Waals surface area (Å²) in [5, 5.41) is 20.2. The Kier molecular flexibility index (Phi) is 9.50. The van der Waals surface area contributed by atoms with E-state index in [0.29, 0.717) is 0 Å². The van der Waals surface area contributed by atoms with Gasteiger partial charge in [0.25, 0.3) is 0 Å². The van der Waals surface area contributed by atoms with Crippen LogP contribution in [0.15, 0.2) is 12.2 Å². The largest absolute Gasteiger partial charge is 0.544 e. The molecule has 0 aromatic heterocycles. The van der Waals surface area contributed by atoms with Gasteiger partial charge in [-0.05, 0) is 6.08 Å². The summed E-state index contributed by atoms with van der Waals surface area (Å²) in [6.07, 6.45) is -10.3. The Morgan fingerprint density at radius 1 is 0.882 bits per heavy atom. The second-order valence-electron chi connectivity index (χ2n) is 7.66. The normalized spacial score (nSPS) is 16.2. The maximum absolute atomic E-state index is 13.5. The second kappa shape index (κ2) is 10.0. The van der Waals surface area contributed by atoms with E-state index in [2.05, 4.69) is 4.74 Å². The summed E-state index contributed by atoms with van der Waals surface area (Å²) in [7, 11) is 2.64. The smallest absolute Gasteiger partial charge is 0.460 e.